The summed E-state index contributed by atoms with van der Waals surface area (Å²) in [4.78, 5) is 10.7. The van der Waals surface area contributed by atoms with Crippen LogP contribution in [-0.2, 0) is 4.79 Å². The fourth-order valence-electron chi connectivity index (χ4n) is 2.38. The number of hydrogen-bond donors (Lipinski definition) is 2. The lowest BCUT2D eigenvalue weighted by molar-refractivity contribution is -0.137. The summed E-state index contributed by atoms with van der Waals surface area (Å²) in [6.07, 6.45) is -0.0821. The molecule has 4 heteroatoms. The molecule has 1 aromatic carbocycles. The molecule has 2 atom stereocenters. The highest BCUT2D eigenvalue weighted by Gasteiger charge is 2.33. The van der Waals surface area contributed by atoms with Gasteiger partial charge in [0.1, 0.15) is 5.75 Å². The third-order valence-electron chi connectivity index (χ3n) is 3.02. The second-order valence-electron chi connectivity index (χ2n) is 4.01. The number of benzene rings is 1. The van der Waals surface area contributed by atoms with E-state index >= 15 is 0 Å². The Hall–Kier alpha value is -1.55. The summed E-state index contributed by atoms with van der Waals surface area (Å²) in [7, 11) is 1.55. The van der Waals surface area contributed by atoms with E-state index in [2.05, 4.69) is 0 Å². The normalized spacial score (nSPS) is 22.9. The minimum absolute atomic E-state index is 0.0322. The van der Waals surface area contributed by atoms with E-state index < -0.39 is 12.1 Å². The molecule has 0 aliphatic heterocycles. The van der Waals surface area contributed by atoms with E-state index in [1.54, 1.807) is 13.2 Å². The highest BCUT2D eigenvalue weighted by molar-refractivity contribution is 5.69. The molecule has 0 aromatic heterocycles. The molecule has 2 unspecified atom stereocenters. The van der Waals surface area contributed by atoms with Crippen molar-refractivity contribution in [1.82, 2.24) is 0 Å². The summed E-state index contributed by atoms with van der Waals surface area (Å²) in [5.41, 5.74) is 1.64. The summed E-state index contributed by atoms with van der Waals surface area (Å²) >= 11 is 0. The number of rotatable bonds is 3. The van der Waals surface area contributed by atoms with Crippen molar-refractivity contribution in [3.05, 3.63) is 29.3 Å². The molecule has 0 bridgehead atoms. The van der Waals surface area contributed by atoms with E-state index in [4.69, 9.17) is 9.84 Å². The Bertz CT molecular complexity index is 413. The molecule has 0 radical (unpaired) electrons. The van der Waals surface area contributed by atoms with Crippen molar-refractivity contribution in [3.63, 3.8) is 0 Å². The molecular formula is C12H14O4. The Morgan fingerprint density at radius 2 is 2.31 bits per heavy atom. The number of hydrogen-bond acceptors (Lipinski definition) is 3. The van der Waals surface area contributed by atoms with Crippen LogP contribution in [0, 0.1) is 0 Å². The summed E-state index contributed by atoms with van der Waals surface area (Å²) in [5, 5.41) is 18.7. The van der Waals surface area contributed by atoms with Gasteiger partial charge in [0.25, 0.3) is 0 Å². The molecule has 2 rings (SSSR count). The Balaban J connectivity index is 2.41. The molecule has 0 heterocycles. The van der Waals surface area contributed by atoms with Crippen LogP contribution in [0.15, 0.2) is 18.2 Å². The maximum atomic E-state index is 10.7. The molecule has 0 amide bonds. The van der Waals surface area contributed by atoms with Crippen molar-refractivity contribution in [2.24, 2.45) is 0 Å². The van der Waals surface area contributed by atoms with Gasteiger partial charge in [-0.25, -0.2) is 0 Å². The van der Waals surface area contributed by atoms with Gasteiger partial charge < -0.3 is 14.9 Å². The zero-order valence-corrected chi connectivity index (χ0v) is 9.01. The van der Waals surface area contributed by atoms with Gasteiger partial charge in [-0.1, -0.05) is 12.1 Å². The number of carboxylic acids is 1. The predicted molar refractivity (Wildman–Crippen MR) is 57.6 cm³/mol. The van der Waals surface area contributed by atoms with Crippen LogP contribution in [0.25, 0.3) is 0 Å². The largest absolute Gasteiger partial charge is 0.496 e. The molecule has 0 spiro atoms. The molecule has 1 aliphatic carbocycles. The first-order valence-electron chi connectivity index (χ1n) is 5.20. The van der Waals surface area contributed by atoms with Crippen LogP contribution in [0.1, 0.15) is 36.0 Å². The second kappa shape index (κ2) is 4.14. The first kappa shape index (κ1) is 11.0. The first-order chi connectivity index (χ1) is 7.63. The second-order valence-corrected chi connectivity index (χ2v) is 4.01. The zero-order valence-electron chi connectivity index (χ0n) is 9.01. The van der Waals surface area contributed by atoms with Crippen LogP contribution in [0.4, 0.5) is 0 Å². The van der Waals surface area contributed by atoms with Crippen molar-refractivity contribution >= 4 is 5.97 Å². The molecule has 16 heavy (non-hydrogen) atoms. The predicted octanol–water partition coefficient (Wildman–Crippen LogP) is 1.69. The number of ether oxygens (including phenoxy) is 1. The van der Waals surface area contributed by atoms with Gasteiger partial charge in [0.2, 0.25) is 0 Å². The fourth-order valence-corrected chi connectivity index (χ4v) is 2.38. The van der Waals surface area contributed by atoms with Crippen molar-refractivity contribution in [2.75, 3.05) is 7.11 Å². The van der Waals surface area contributed by atoms with Crippen LogP contribution in [0.2, 0.25) is 0 Å². The van der Waals surface area contributed by atoms with Gasteiger partial charge >= 0.3 is 5.97 Å². The van der Waals surface area contributed by atoms with E-state index in [0.29, 0.717) is 12.2 Å². The molecule has 0 saturated heterocycles. The van der Waals surface area contributed by atoms with Gasteiger partial charge in [0.15, 0.2) is 0 Å². The number of methoxy groups -OCH3 is 1. The number of carboxylic acid groups (broad SMARTS) is 1. The van der Waals surface area contributed by atoms with Gasteiger partial charge in [-0.15, -0.1) is 0 Å². The maximum Gasteiger partial charge on any atom is 0.303 e. The monoisotopic (exact) mass is 222 g/mol. The van der Waals surface area contributed by atoms with E-state index in [0.717, 1.165) is 11.1 Å². The van der Waals surface area contributed by atoms with Crippen LogP contribution in [-0.4, -0.2) is 23.3 Å². The van der Waals surface area contributed by atoms with Crippen molar-refractivity contribution in [2.45, 2.75) is 24.9 Å². The Labute approximate surface area is 93.5 Å². The van der Waals surface area contributed by atoms with Gasteiger partial charge in [0.05, 0.1) is 19.6 Å². The van der Waals surface area contributed by atoms with Crippen LogP contribution in [0.5, 0.6) is 5.75 Å². The lowest BCUT2D eigenvalue weighted by atomic mass is 9.97. The Morgan fingerprint density at radius 1 is 1.56 bits per heavy atom. The molecule has 1 aromatic rings. The summed E-state index contributed by atoms with van der Waals surface area (Å²) < 4.78 is 5.21. The van der Waals surface area contributed by atoms with Crippen LogP contribution < -0.4 is 4.74 Å². The fraction of sp³-hybridized carbons (Fsp3) is 0.417. The molecular weight excluding hydrogens is 208 g/mol. The summed E-state index contributed by atoms with van der Waals surface area (Å²) in [6, 6.07) is 5.43. The lowest BCUT2D eigenvalue weighted by Gasteiger charge is -2.12. The number of carbonyl (C=O) groups is 1. The van der Waals surface area contributed by atoms with E-state index in [1.807, 2.05) is 12.1 Å². The van der Waals surface area contributed by atoms with Crippen molar-refractivity contribution in [1.29, 1.82) is 0 Å². The number of aliphatic hydroxyl groups excluding tert-OH is 1. The summed E-state index contributed by atoms with van der Waals surface area (Å²) in [5.74, 6) is -0.338. The topological polar surface area (TPSA) is 66.8 Å². The van der Waals surface area contributed by atoms with Gasteiger partial charge in [-0.05, 0) is 18.1 Å². The smallest absolute Gasteiger partial charge is 0.303 e. The van der Waals surface area contributed by atoms with Gasteiger partial charge in [0, 0.05) is 11.5 Å². The lowest BCUT2D eigenvalue weighted by Crippen LogP contribution is -2.04. The van der Waals surface area contributed by atoms with Crippen LogP contribution >= 0.6 is 0 Å². The van der Waals surface area contributed by atoms with E-state index in [1.165, 1.54) is 0 Å². The standard InChI is InChI=1S/C12H14O4/c1-16-10-4-2-3-8-9(13)5-7(12(8)10)6-11(14)15/h2-4,7,9,13H,5-6H2,1H3,(H,14,15). The molecule has 86 valence electrons. The molecule has 2 N–H and O–H groups in total. The maximum absolute atomic E-state index is 10.7. The Morgan fingerprint density at radius 3 is 2.94 bits per heavy atom. The Kier molecular flexibility index (Phi) is 2.83. The number of aliphatic carboxylic acids is 1. The van der Waals surface area contributed by atoms with Gasteiger partial charge in [-0.3, -0.25) is 4.79 Å². The van der Waals surface area contributed by atoms with Crippen LogP contribution in [0.3, 0.4) is 0 Å². The zero-order chi connectivity index (χ0) is 11.7. The summed E-state index contributed by atoms with van der Waals surface area (Å²) in [6.45, 7) is 0. The minimum atomic E-state index is -0.851. The van der Waals surface area contributed by atoms with E-state index in [9.17, 15) is 9.90 Å². The third-order valence-corrected chi connectivity index (χ3v) is 3.02. The number of aliphatic hydroxyl groups is 1. The van der Waals surface area contributed by atoms with Crippen molar-refractivity contribution in [3.8, 4) is 5.75 Å². The minimum Gasteiger partial charge on any atom is -0.496 e. The van der Waals surface area contributed by atoms with Crippen molar-refractivity contribution < 1.29 is 19.7 Å². The molecule has 0 saturated carbocycles. The SMILES string of the molecule is COc1cccc2c1C(CC(=O)O)CC2O. The average Bonchev–Trinajstić information content (AvgIpc) is 2.55. The van der Waals surface area contributed by atoms with E-state index in [-0.39, 0.29) is 12.3 Å². The molecule has 4 nitrogen and oxygen atoms in total. The number of fused-ring (bicyclic) bond motifs is 1. The highest BCUT2D eigenvalue weighted by atomic mass is 16.5. The quantitative estimate of drug-likeness (QED) is 0.816. The van der Waals surface area contributed by atoms with Gasteiger partial charge in [-0.2, -0.15) is 0 Å². The average molecular weight is 222 g/mol. The first-order valence-corrected chi connectivity index (χ1v) is 5.20. The molecule has 0 fully saturated rings. The highest BCUT2D eigenvalue weighted by Crippen LogP contribution is 2.46. The molecule has 1 aliphatic rings. The third kappa shape index (κ3) is 1.76.